The van der Waals surface area contributed by atoms with E-state index in [2.05, 4.69) is 10.0 Å². The molecule has 0 radical (unpaired) electrons. The summed E-state index contributed by atoms with van der Waals surface area (Å²) in [6.07, 6.45) is 0.956. The molecule has 0 spiro atoms. The zero-order valence-electron chi connectivity index (χ0n) is 14.0. The molecular formula is C18H23FN2O2S. The Morgan fingerprint density at radius 2 is 1.75 bits per heavy atom. The van der Waals surface area contributed by atoms with Crippen molar-refractivity contribution in [1.82, 2.24) is 10.0 Å². The van der Waals surface area contributed by atoms with Crippen LogP contribution in [0.4, 0.5) is 4.39 Å². The second kappa shape index (κ2) is 8.37. The van der Waals surface area contributed by atoms with Gasteiger partial charge >= 0.3 is 0 Å². The minimum Gasteiger partial charge on any atom is -0.313 e. The summed E-state index contributed by atoms with van der Waals surface area (Å²) < 4.78 is 41.8. The number of sulfonamides is 1. The molecule has 2 N–H and O–H groups in total. The zero-order chi connectivity index (χ0) is 17.6. The lowest BCUT2D eigenvalue weighted by Crippen LogP contribution is -2.25. The lowest BCUT2D eigenvalue weighted by Gasteiger charge is -2.13. The molecule has 0 aromatic heterocycles. The van der Waals surface area contributed by atoms with Crippen LogP contribution in [0.25, 0.3) is 0 Å². The quantitative estimate of drug-likeness (QED) is 0.719. The maximum Gasteiger partial charge on any atom is 0.241 e. The van der Waals surface area contributed by atoms with Gasteiger partial charge in [0.15, 0.2) is 0 Å². The highest BCUT2D eigenvalue weighted by atomic mass is 32.2. The van der Waals surface area contributed by atoms with E-state index in [1.807, 2.05) is 37.3 Å². The third-order valence-electron chi connectivity index (χ3n) is 3.71. The molecule has 0 bridgehead atoms. The highest BCUT2D eigenvalue weighted by Gasteiger charge is 2.20. The Morgan fingerprint density at radius 1 is 1.04 bits per heavy atom. The van der Waals surface area contributed by atoms with E-state index in [1.165, 1.54) is 19.1 Å². The first kappa shape index (κ1) is 18.6. The molecule has 0 aliphatic rings. The predicted molar refractivity (Wildman–Crippen MR) is 93.6 cm³/mol. The topological polar surface area (TPSA) is 58.2 Å². The van der Waals surface area contributed by atoms with Gasteiger partial charge in [-0.25, -0.2) is 17.5 Å². The number of nitrogens with one attached hydrogen (secondary N) is 2. The molecule has 2 aromatic carbocycles. The Morgan fingerprint density at radius 3 is 2.42 bits per heavy atom. The van der Waals surface area contributed by atoms with Gasteiger partial charge in [-0.05, 0) is 43.1 Å². The van der Waals surface area contributed by atoms with Gasteiger partial charge in [0.25, 0.3) is 0 Å². The van der Waals surface area contributed by atoms with Crippen LogP contribution < -0.4 is 10.0 Å². The summed E-state index contributed by atoms with van der Waals surface area (Å²) >= 11 is 0. The van der Waals surface area contributed by atoms with E-state index in [4.69, 9.17) is 0 Å². The number of benzene rings is 2. The first-order chi connectivity index (χ1) is 11.4. The molecule has 0 unspecified atom stereocenters. The average Bonchev–Trinajstić information content (AvgIpc) is 2.57. The predicted octanol–water partition coefficient (Wildman–Crippen LogP) is 3.11. The maximum atomic E-state index is 14.1. The van der Waals surface area contributed by atoms with Crippen LogP contribution >= 0.6 is 0 Å². The van der Waals surface area contributed by atoms with E-state index in [1.54, 1.807) is 0 Å². The van der Waals surface area contributed by atoms with Gasteiger partial charge in [0.05, 0.1) is 4.90 Å². The summed E-state index contributed by atoms with van der Waals surface area (Å²) in [5.74, 6) is -0.508. The van der Waals surface area contributed by atoms with Crippen molar-refractivity contribution in [2.45, 2.75) is 38.3 Å². The van der Waals surface area contributed by atoms with Crippen LogP contribution in [0.2, 0.25) is 0 Å². The molecule has 0 aliphatic heterocycles. The molecule has 6 heteroatoms. The molecule has 130 valence electrons. The standard InChI is InChI=1S/C18H23FN2O2S/c1-3-9-20-12-16-10-17(19)14(2)18(11-16)24(22,23)21-13-15-7-5-4-6-8-15/h4-8,10-11,20-21H,3,9,12-13H2,1-2H3. The fraction of sp³-hybridized carbons (Fsp3) is 0.333. The summed E-state index contributed by atoms with van der Waals surface area (Å²) in [7, 11) is -3.78. The molecule has 0 heterocycles. The van der Waals surface area contributed by atoms with E-state index in [-0.39, 0.29) is 17.0 Å². The maximum absolute atomic E-state index is 14.1. The van der Waals surface area contributed by atoms with E-state index >= 15 is 0 Å². The second-order valence-electron chi connectivity index (χ2n) is 5.69. The molecule has 0 atom stereocenters. The minimum absolute atomic E-state index is 0.00766. The molecule has 24 heavy (non-hydrogen) atoms. The largest absolute Gasteiger partial charge is 0.313 e. The third kappa shape index (κ3) is 4.87. The first-order valence-electron chi connectivity index (χ1n) is 7.97. The lowest BCUT2D eigenvalue weighted by molar-refractivity contribution is 0.572. The smallest absolute Gasteiger partial charge is 0.241 e. The SMILES string of the molecule is CCCNCc1cc(F)c(C)c(S(=O)(=O)NCc2ccccc2)c1. The summed E-state index contributed by atoms with van der Waals surface area (Å²) in [5, 5.41) is 3.15. The fourth-order valence-corrected chi connectivity index (χ4v) is 3.67. The molecule has 0 saturated heterocycles. The lowest BCUT2D eigenvalue weighted by atomic mass is 10.1. The Bertz CT molecular complexity index is 777. The van der Waals surface area contributed by atoms with Crippen molar-refractivity contribution in [3.05, 3.63) is 65.0 Å². The van der Waals surface area contributed by atoms with Gasteiger partial charge in [-0.15, -0.1) is 0 Å². The van der Waals surface area contributed by atoms with Gasteiger partial charge in [-0.3, -0.25) is 0 Å². The van der Waals surface area contributed by atoms with Crippen LogP contribution in [-0.4, -0.2) is 15.0 Å². The van der Waals surface area contributed by atoms with Crippen molar-refractivity contribution >= 4 is 10.0 Å². The van der Waals surface area contributed by atoms with Gasteiger partial charge in [0, 0.05) is 18.7 Å². The van der Waals surface area contributed by atoms with E-state index in [0.717, 1.165) is 18.5 Å². The zero-order valence-corrected chi connectivity index (χ0v) is 14.8. The monoisotopic (exact) mass is 350 g/mol. The molecule has 0 aliphatic carbocycles. The van der Waals surface area contributed by atoms with E-state index in [9.17, 15) is 12.8 Å². The number of hydrogen-bond donors (Lipinski definition) is 2. The summed E-state index contributed by atoms with van der Waals surface area (Å²) in [6.45, 7) is 4.92. The third-order valence-corrected chi connectivity index (χ3v) is 5.24. The van der Waals surface area contributed by atoms with E-state index in [0.29, 0.717) is 12.1 Å². The molecule has 0 fully saturated rings. The number of hydrogen-bond acceptors (Lipinski definition) is 3. The van der Waals surface area contributed by atoms with Gasteiger partial charge in [-0.2, -0.15) is 0 Å². The Hall–Kier alpha value is -1.76. The minimum atomic E-state index is -3.78. The van der Waals surface area contributed by atoms with Gasteiger partial charge < -0.3 is 5.32 Å². The molecular weight excluding hydrogens is 327 g/mol. The Balaban J connectivity index is 2.21. The van der Waals surface area contributed by atoms with Crippen LogP contribution in [0.3, 0.4) is 0 Å². The molecule has 2 rings (SSSR count). The molecule has 0 amide bonds. The van der Waals surface area contributed by atoms with Gasteiger partial charge in [0.1, 0.15) is 5.82 Å². The van der Waals surface area contributed by atoms with E-state index < -0.39 is 15.8 Å². The van der Waals surface area contributed by atoms with Crippen LogP contribution in [0, 0.1) is 12.7 Å². The second-order valence-corrected chi connectivity index (χ2v) is 7.42. The van der Waals surface area contributed by atoms with Crippen LogP contribution in [-0.2, 0) is 23.1 Å². The molecule has 2 aromatic rings. The summed E-state index contributed by atoms with van der Waals surface area (Å²) in [6, 6.07) is 12.1. The summed E-state index contributed by atoms with van der Waals surface area (Å²) in [5.41, 5.74) is 1.60. The van der Waals surface area contributed by atoms with Crippen molar-refractivity contribution in [2.24, 2.45) is 0 Å². The average molecular weight is 350 g/mol. The van der Waals surface area contributed by atoms with Crippen molar-refractivity contribution in [3.8, 4) is 0 Å². The van der Waals surface area contributed by atoms with Crippen molar-refractivity contribution in [2.75, 3.05) is 6.54 Å². The first-order valence-corrected chi connectivity index (χ1v) is 9.45. The van der Waals surface area contributed by atoms with Crippen molar-refractivity contribution in [1.29, 1.82) is 0 Å². The van der Waals surface area contributed by atoms with Crippen LogP contribution in [0.5, 0.6) is 0 Å². The number of rotatable bonds is 8. The van der Waals surface area contributed by atoms with Gasteiger partial charge in [-0.1, -0.05) is 37.3 Å². The molecule has 0 saturated carbocycles. The van der Waals surface area contributed by atoms with Crippen LogP contribution in [0.1, 0.15) is 30.0 Å². The Kier molecular flexibility index (Phi) is 6.48. The van der Waals surface area contributed by atoms with Crippen molar-refractivity contribution < 1.29 is 12.8 Å². The Labute approximate surface area is 143 Å². The van der Waals surface area contributed by atoms with Crippen molar-refractivity contribution in [3.63, 3.8) is 0 Å². The summed E-state index contributed by atoms with van der Waals surface area (Å²) in [4.78, 5) is -0.00766. The number of halogens is 1. The highest BCUT2D eigenvalue weighted by molar-refractivity contribution is 7.89. The fourth-order valence-electron chi connectivity index (χ4n) is 2.35. The van der Waals surface area contributed by atoms with Crippen LogP contribution in [0.15, 0.2) is 47.4 Å². The van der Waals surface area contributed by atoms with Gasteiger partial charge in [0.2, 0.25) is 10.0 Å². The molecule has 4 nitrogen and oxygen atoms in total. The highest BCUT2D eigenvalue weighted by Crippen LogP contribution is 2.21. The normalized spacial score (nSPS) is 11.6.